The highest BCUT2D eigenvalue weighted by atomic mass is 35.5. The number of halogens is 1. The van der Waals surface area contributed by atoms with E-state index < -0.39 is 11.9 Å². The number of esters is 1. The Balaban J connectivity index is 1.57. The molecule has 3 aromatic rings. The van der Waals surface area contributed by atoms with Gasteiger partial charge in [0.25, 0.3) is 0 Å². The number of fused-ring (bicyclic) bond motifs is 2. The molecule has 2 aliphatic rings. The van der Waals surface area contributed by atoms with Crippen molar-refractivity contribution in [1.82, 2.24) is 5.32 Å². The van der Waals surface area contributed by atoms with Crippen molar-refractivity contribution in [2.24, 2.45) is 0 Å². The third-order valence-corrected chi connectivity index (χ3v) is 6.88. The molecule has 5 rings (SSSR count). The summed E-state index contributed by atoms with van der Waals surface area (Å²) in [6, 6.07) is 20.3. The molecular weight excluding hydrogens is 478 g/mol. The standard InChI is InChI=1S/C29H24ClNO5/c1-16-24(29(33)35-3)25(26-27(31-16)19-9-5-6-10-20(19)28(26)32)17-12-13-22(23(14-17)34-2)36-15-18-8-4-7-11-21(18)30/h4-14,25,31H,15H2,1-3H3/t25-/m0/s1. The second-order valence-corrected chi connectivity index (χ2v) is 8.95. The molecule has 0 spiro atoms. The zero-order valence-electron chi connectivity index (χ0n) is 20.1. The van der Waals surface area contributed by atoms with E-state index in [0.717, 1.165) is 11.1 Å². The van der Waals surface area contributed by atoms with Crippen molar-refractivity contribution in [2.75, 3.05) is 14.2 Å². The maximum absolute atomic E-state index is 13.5. The molecule has 0 bridgehead atoms. The third kappa shape index (κ3) is 3.93. The minimum atomic E-state index is -0.639. The first kappa shape index (κ1) is 23.7. The van der Waals surface area contributed by atoms with E-state index >= 15 is 0 Å². The lowest BCUT2D eigenvalue weighted by Gasteiger charge is -2.29. The molecule has 0 saturated carbocycles. The summed E-state index contributed by atoms with van der Waals surface area (Å²) in [5, 5.41) is 3.90. The van der Waals surface area contributed by atoms with Gasteiger partial charge in [-0.05, 0) is 30.7 Å². The maximum Gasteiger partial charge on any atom is 0.336 e. The summed E-state index contributed by atoms with van der Waals surface area (Å²) in [7, 11) is 2.88. The quantitative estimate of drug-likeness (QED) is 0.439. The average molecular weight is 502 g/mol. The number of Topliss-reactive ketones (excluding diaryl/α,β-unsaturated/α-hetero) is 1. The number of carbonyl (C=O) groups excluding carboxylic acids is 2. The molecule has 1 aliphatic heterocycles. The topological polar surface area (TPSA) is 73.9 Å². The van der Waals surface area contributed by atoms with Crippen molar-refractivity contribution in [1.29, 1.82) is 0 Å². The molecule has 3 aromatic carbocycles. The zero-order chi connectivity index (χ0) is 25.4. The summed E-state index contributed by atoms with van der Waals surface area (Å²) in [6.07, 6.45) is 0. The number of nitrogens with one attached hydrogen (secondary N) is 1. The number of ether oxygens (including phenoxy) is 3. The van der Waals surface area contributed by atoms with Crippen LogP contribution in [0.3, 0.4) is 0 Å². The summed E-state index contributed by atoms with van der Waals surface area (Å²) in [5.74, 6) is -0.265. The van der Waals surface area contributed by atoms with Gasteiger partial charge < -0.3 is 19.5 Å². The molecule has 1 N–H and O–H groups in total. The van der Waals surface area contributed by atoms with Gasteiger partial charge in [0.05, 0.1) is 25.5 Å². The van der Waals surface area contributed by atoms with Crippen molar-refractivity contribution in [2.45, 2.75) is 19.4 Å². The molecule has 0 amide bonds. The van der Waals surface area contributed by atoms with Crippen LogP contribution in [0, 0.1) is 0 Å². The fraction of sp³-hybridized carbons (Fsp3) is 0.172. The maximum atomic E-state index is 13.5. The van der Waals surface area contributed by atoms with Crippen LogP contribution in [-0.4, -0.2) is 26.0 Å². The summed E-state index contributed by atoms with van der Waals surface area (Å²) in [4.78, 5) is 26.5. The number of ketones is 1. The largest absolute Gasteiger partial charge is 0.493 e. The van der Waals surface area contributed by atoms with Crippen LogP contribution in [0.4, 0.5) is 0 Å². The lowest BCUT2D eigenvalue weighted by atomic mass is 9.79. The summed E-state index contributed by atoms with van der Waals surface area (Å²) < 4.78 is 16.8. The van der Waals surface area contributed by atoms with E-state index in [0.29, 0.717) is 50.2 Å². The Morgan fingerprint density at radius 1 is 0.972 bits per heavy atom. The number of dihydropyridines is 1. The predicted octanol–water partition coefficient (Wildman–Crippen LogP) is 5.67. The second-order valence-electron chi connectivity index (χ2n) is 8.54. The number of carbonyl (C=O) groups is 2. The normalized spacial score (nSPS) is 16.3. The smallest absolute Gasteiger partial charge is 0.336 e. The van der Waals surface area contributed by atoms with Gasteiger partial charge in [0.15, 0.2) is 17.3 Å². The van der Waals surface area contributed by atoms with Crippen LogP contribution in [0.15, 0.2) is 83.6 Å². The Morgan fingerprint density at radius 3 is 2.42 bits per heavy atom. The van der Waals surface area contributed by atoms with Gasteiger partial charge in [-0.2, -0.15) is 0 Å². The van der Waals surface area contributed by atoms with Crippen LogP contribution < -0.4 is 14.8 Å². The van der Waals surface area contributed by atoms with Crippen molar-refractivity contribution in [3.8, 4) is 11.5 Å². The van der Waals surface area contributed by atoms with Crippen molar-refractivity contribution in [3.63, 3.8) is 0 Å². The minimum absolute atomic E-state index is 0.120. The van der Waals surface area contributed by atoms with Crippen LogP contribution in [0.5, 0.6) is 11.5 Å². The monoisotopic (exact) mass is 501 g/mol. The molecule has 1 heterocycles. The molecule has 0 fully saturated rings. The predicted molar refractivity (Wildman–Crippen MR) is 137 cm³/mol. The fourth-order valence-electron chi connectivity index (χ4n) is 4.80. The van der Waals surface area contributed by atoms with Crippen LogP contribution in [0.1, 0.15) is 39.9 Å². The minimum Gasteiger partial charge on any atom is -0.493 e. The highest BCUT2D eigenvalue weighted by molar-refractivity contribution is 6.31. The van der Waals surface area contributed by atoms with E-state index in [1.165, 1.54) is 7.11 Å². The Bertz CT molecular complexity index is 1460. The van der Waals surface area contributed by atoms with Gasteiger partial charge in [-0.15, -0.1) is 0 Å². The fourth-order valence-corrected chi connectivity index (χ4v) is 4.99. The first-order chi connectivity index (χ1) is 17.4. The number of methoxy groups -OCH3 is 2. The number of hydrogen-bond donors (Lipinski definition) is 1. The van der Waals surface area contributed by atoms with Gasteiger partial charge in [-0.3, -0.25) is 4.79 Å². The first-order valence-corrected chi connectivity index (χ1v) is 11.8. The third-order valence-electron chi connectivity index (χ3n) is 6.52. The van der Waals surface area contributed by atoms with Gasteiger partial charge in [0, 0.05) is 38.9 Å². The van der Waals surface area contributed by atoms with Gasteiger partial charge in [0.2, 0.25) is 0 Å². The Hall–Kier alpha value is -4.03. The Labute approximate surface area is 214 Å². The molecule has 0 unspecified atom stereocenters. The summed E-state index contributed by atoms with van der Waals surface area (Å²) >= 11 is 6.26. The molecule has 0 radical (unpaired) electrons. The van der Waals surface area contributed by atoms with Crippen LogP contribution in [0.2, 0.25) is 5.02 Å². The second kappa shape index (κ2) is 9.55. The van der Waals surface area contributed by atoms with Crippen molar-refractivity contribution >= 4 is 29.1 Å². The highest BCUT2D eigenvalue weighted by Gasteiger charge is 2.43. The first-order valence-electron chi connectivity index (χ1n) is 11.4. The SMILES string of the molecule is COC(=O)C1=C(C)NC2=C(C(=O)c3ccccc32)[C@H]1c1ccc(OCc2ccccc2Cl)c(OC)c1. The lowest BCUT2D eigenvalue weighted by molar-refractivity contribution is -0.136. The molecule has 36 heavy (non-hydrogen) atoms. The number of allylic oxidation sites excluding steroid dienone is 2. The highest BCUT2D eigenvalue weighted by Crippen LogP contribution is 2.48. The number of hydrogen-bond acceptors (Lipinski definition) is 6. The van der Waals surface area contributed by atoms with Crippen molar-refractivity contribution < 1.29 is 23.8 Å². The Kier molecular flexibility index (Phi) is 6.29. The van der Waals surface area contributed by atoms with Gasteiger partial charge in [-0.25, -0.2) is 4.79 Å². The average Bonchev–Trinajstić information content (AvgIpc) is 3.18. The summed E-state index contributed by atoms with van der Waals surface area (Å²) in [6.45, 7) is 2.07. The molecule has 182 valence electrons. The van der Waals surface area contributed by atoms with Crippen LogP contribution in [0.25, 0.3) is 5.70 Å². The molecule has 0 aromatic heterocycles. The Morgan fingerprint density at radius 2 is 1.69 bits per heavy atom. The van der Waals surface area contributed by atoms with E-state index in [2.05, 4.69) is 5.32 Å². The van der Waals surface area contributed by atoms with E-state index in [9.17, 15) is 9.59 Å². The van der Waals surface area contributed by atoms with E-state index in [1.807, 2.05) is 55.5 Å². The lowest BCUT2D eigenvalue weighted by Crippen LogP contribution is -2.29. The molecule has 6 nitrogen and oxygen atoms in total. The number of rotatable bonds is 6. The molecule has 0 saturated heterocycles. The van der Waals surface area contributed by atoms with Gasteiger partial charge in [0.1, 0.15) is 6.61 Å². The molecule has 7 heteroatoms. The summed E-state index contributed by atoms with van der Waals surface area (Å²) in [5.41, 5.74) is 5.21. The molecule has 1 aliphatic carbocycles. The van der Waals surface area contributed by atoms with E-state index in [1.54, 1.807) is 25.3 Å². The van der Waals surface area contributed by atoms with E-state index in [-0.39, 0.29) is 12.4 Å². The molecular formula is C29H24ClNO5. The number of benzene rings is 3. The van der Waals surface area contributed by atoms with Crippen molar-refractivity contribution in [3.05, 3.63) is 111 Å². The van der Waals surface area contributed by atoms with Gasteiger partial charge >= 0.3 is 5.97 Å². The van der Waals surface area contributed by atoms with E-state index in [4.69, 9.17) is 25.8 Å². The van der Waals surface area contributed by atoms with Crippen LogP contribution >= 0.6 is 11.6 Å². The molecule has 1 atom stereocenters. The zero-order valence-corrected chi connectivity index (χ0v) is 20.8. The van der Waals surface area contributed by atoms with Crippen LogP contribution in [-0.2, 0) is 16.1 Å². The van der Waals surface area contributed by atoms with Gasteiger partial charge in [-0.1, -0.05) is 60.1 Å².